The smallest absolute Gasteiger partial charge is 0.206 e. The lowest BCUT2D eigenvalue weighted by atomic mass is 10.1. The summed E-state index contributed by atoms with van der Waals surface area (Å²) in [5, 5.41) is 4.70. The van der Waals surface area contributed by atoms with Gasteiger partial charge < -0.3 is 11.1 Å². The molecule has 0 aliphatic heterocycles. The highest BCUT2D eigenvalue weighted by Crippen LogP contribution is 2.47. The Bertz CT molecular complexity index is 1430. The van der Waals surface area contributed by atoms with Crippen LogP contribution in [-0.4, -0.2) is 10.8 Å². The first kappa shape index (κ1) is 20.8. The quantitative estimate of drug-likeness (QED) is 0.234. The molecule has 8 heteroatoms. The molecule has 0 atom stereocenters. The first-order chi connectivity index (χ1) is 15.5. The van der Waals surface area contributed by atoms with E-state index in [0.29, 0.717) is 36.9 Å². The van der Waals surface area contributed by atoms with Crippen LogP contribution in [0.5, 0.6) is 0 Å². The third kappa shape index (κ3) is 3.81. The van der Waals surface area contributed by atoms with E-state index in [1.54, 1.807) is 18.2 Å². The first-order valence-corrected chi connectivity index (χ1v) is 12.0. The molecule has 0 fully saturated rings. The van der Waals surface area contributed by atoms with Gasteiger partial charge in [0.05, 0.1) is 21.5 Å². The van der Waals surface area contributed by atoms with Crippen LogP contribution in [-0.2, 0) is 0 Å². The van der Waals surface area contributed by atoms with Gasteiger partial charge in [-0.3, -0.25) is 4.79 Å². The molecular formula is C24H15BrFN3OS2. The molecule has 0 aliphatic carbocycles. The number of hydrogen-bond donors (Lipinski definition) is 2. The summed E-state index contributed by atoms with van der Waals surface area (Å²) in [6.07, 6.45) is 0. The fraction of sp³-hybridized carbons (Fsp3) is 0. The molecule has 0 radical (unpaired) electrons. The summed E-state index contributed by atoms with van der Waals surface area (Å²) in [5.74, 6) is -0.494. The van der Waals surface area contributed by atoms with E-state index in [1.807, 2.05) is 42.5 Å². The summed E-state index contributed by atoms with van der Waals surface area (Å²) in [6.45, 7) is 0. The second-order valence-electron chi connectivity index (χ2n) is 6.98. The van der Waals surface area contributed by atoms with Crippen molar-refractivity contribution in [1.82, 2.24) is 4.98 Å². The Morgan fingerprint density at radius 3 is 2.44 bits per heavy atom. The molecule has 3 aromatic carbocycles. The van der Waals surface area contributed by atoms with Gasteiger partial charge in [-0.25, -0.2) is 9.37 Å². The third-order valence-corrected chi connectivity index (χ3v) is 7.74. The average Bonchev–Trinajstić information content (AvgIpc) is 3.35. The van der Waals surface area contributed by atoms with E-state index in [0.717, 1.165) is 15.2 Å². The highest BCUT2D eigenvalue weighted by molar-refractivity contribution is 9.10. The zero-order valence-corrected chi connectivity index (χ0v) is 19.7. The second kappa shape index (κ2) is 8.46. The number of ketones is 1. The van der Waals surface area contributed by atoms with Gasteiger partial charge in [0.2, 0.25) is 5.78 Å². The number of carbonyl (C=O) groups is 1. The number of anilines is 3. The fourth-order valence-corrected chi connectivity index (χ4v) is 5.98. The Morgan fingerprint density at radius 2 is 1.69 bits per heavy atom. The molecule has 0 spiro atoms. The summed E-state index contributed by atoms with van der Waals surface area (Å²) in [7, 11) is 0. The third-order valence-electron chi connectivity index (χ3n) is 4.88. The number of nitrogen functional groups attached to an aromatic ring is 1. The van der Waals surface area contributed by atoms with Gasteiger partial charge >= 0.3 is 0 Å². The lowest BCUT2D eigenvalue weighted by Gasteiger charge is -2.06. The van der Waals surface area contributed by atoms with E-state index in [4.69, 9.17) is 10.7 Å². The number of nitrogens with one attached hydrogen (secondary N) is 1. The number of halogens is 2. The standard InChI is InChI=1S/C24H15BrFN3OS2/c25-16-6-2-1-5-15(16)21(30)22-20(27)19(24-29-17-7-3-4-8-18(17)31-24)23(32-22)28-14-11-9-13(26)10-12-14/h1-12,28H,27H2. The molecule has 5 rings (SSSR count). The number of aromatic nitrogens is 1. The summed E-state index contributed by atoms with van der Waals surface area (Å²) in [5.41, 5.74) is 9.70. The Labute approximate surface area is 199 Å². The number of nitrogens with zero attached hydrogens (tertiary/aromatic N) is 1. The predicted octanol–water partition coefficient (Wildman–Crippen LogP) is 7.48. The Morgan fingerprint density at radius 1 is 0.969 bits per heavy atom. The van der Waals surface area contributed by atoms with Crippen molar-refractivity contribution >= 4 is 71.0 Å². The van der Waals surface area contributed by atoms with Gasteiger partial charge in [0.1, 0.15) is 20.7 Å². The Kier molecular flexibility index (Phi) is 5.50. The van der Waals surface area contributed by atoms with Crippen molar-refractivity contribution in [3.8, 4) is 10.6 Å². The maximum absolute atomic E-state index is 13.4. The number of benzene rings is 3. The molecule has 0 saturated carbocycles. The number of fused-ring (bicyclic) bond motifs is 1. The summed E-state index contributed by atoms with van der Waals surface area (Å²) < 4.78 is 15.1. The van der Waals surface area contributed by atoms with Crippen LogP contribution in [0, 0.1) is 5.82 Å². The SMILES string of the molecule is Nc1c(C(=O)c2ccccc2Br)sc(Nc2ccc(F)cc2)c1-c1nc2ccccc2s1. The molecule has 5 aromatic rings. The van der Waals surface area contributed by atoms with Gasteiger partial charge in [0.25, 0.3) is 0 Å². The second-order valence-corrected chi connectivity index (χ2v) is 9.88. The van der Waals surface area contributed by atoms with E-state index in [9.17, 15) is 9.18 Å². The molecule has 0 unspecified atom stereocenters. The lowest BCUT2D eigenvalue weighted by molar-refractivity contribution is 0.104. The van der Waals surface area contributed by atoms with Gasteiger partial charge in [0, 0.05) is 15.7 Å². The number of carbonyl (C=O) groups excluding carboxylic acids is 1. The number of nitrogens with two attached hydrogens (primary N) is 1. The lowest BCUT2D eigenvalue weighted by Crippen LogP contribution is -2.03. The number of rotatable bonds is 5. The molecule has 158 valence electrons. The van der Waals surface area contributed by atoms with Crippen LogP contribution in [0.15, 0.2) is 77.3 Å². The van der Waals surface area contributed by atoms with Crippen molar-refractivity contribution in [3.05, 3.63) is 93.5 Å². The number of thiophene rings is 1. The number of thiazole rings is 1. The molecule has 2 aromatic heterocycles. The molecule has 2 heterocycles. The zero-order chi connectivity index (χ0) is 22.2. The molecule has 4 nitrogen and oxygen atoms in total. The molecule has 0 bridgehead atoms. The van der Waals surface area contributed by atoms with Gasteiger partial charge in [-0.1, -0.05) is 40.2 Å². The maximum atomic E-state index is 13.4. The Hall–Kier alpha value is -3.07. The minimum atomic E-state index is -0.322. The van der Waals surface area contributed by atoms with Gasteiger partial charge in [0.15, 0.2) is 0 Å². The monoisotopic (exact) mass is 523 g/mol. The van der Waals surface area contributed by atoms with Gasteiger partial charge in [-0.2, -0.15) is 0 Å². The van der Waals surface area contributed by atoms with Crippen LogP contribution in [0.25, 0.3) is 20.8 Å². The molecule has 0 amide bonds. The van der Waals surface area contributed by atoms with Crippen molar-refractivity contribution in [2.24, 2.45) is 0 Å². The summed E-state index contributed by atoms with van der Waals surface area (Å²) in [4.78, 5) is 18.5. The highest BCUT2D eigenvalue weighted by Gasteiger charge is 2.26. The van der Waals surface area contributed by atoms with Crippen LogP contribution in [0.4, 0.5) is 20.8 Å². The molecule has 0 saturated heterocycles. The van der Waals surface area contributed by atoms with Crippen LogP contribution in [0.2, 0.25) is 0 Å². The van der Waals surface area contributed by atoms with Crippen molar-refractivity contribution in [3.63, 3.8) is 0 Å². The first-order valence-electron chi connectivity index (χ1n) is 9.61. The van der Waals surface area contributed by atoms with Gasteiger partial charge in [-0.05, 0) is 48.5 Å². The average molecular weight is 524 g/mol. The summed E-state index contributed by atoms with van der Waals surface area (Å²) in [6, 6.07) is 21.1. The van der Waals surface area contributed by atoms with Crippen LogP contribution in [0.3, 0.4) is 0 Å². The maximum Gasteiger partial charge on any atom is 0.206 e. The number of hydrogen-bond acceptors (Lipinski definition) is 6. The van der Waals surface area contributed by atoms with Crippen LogP contribution >= 0.6 is 38.6 Å². The highest BCUT2D eigenvalue weighted by atomic mass is 79.9. The normalized spacial score (nSPS) is 11.1. The van der Waals surface area contributed by atoms with E-state index < -0.39 is 0 Å². The number of para-hydroxylation sites is 1. The van der Waals surface area contributed by atoms with E-state index in [2.05, 4.69) is 21.2 Å². The van der Waals surface area contributed by atoms with E-state index >= 15 is 0 Å². The van der Waals surface area contributed by atoms with Crippen molar-refractivity contribution in [2.45, 2.75) is 0 Å². The minimum absolute atomic E-state index is 0.172. The fourth-order valence-electron chi connectivity index (χ4n) is 3.32. The van der Waals surface area contributed by atoms with Crippen molar-refractivity contribution < 1.29 is 9.18 Å². The van der Waals surface area contributed by atoms with E-state index in [1.165, 1.54) is 34.8 Å². The molecule has 0 aliphatic rings. The molecular weight excluding hydrogens is 509 g/mol. The van der Waals surface area contributed by atoms with Crippen LogP contribution < -0.4 is 11.1 Å². The largest absolute Gasteiger partial charge is 0.397 e. The summed E-state index contributed by atoms with van der Waals surface area (Å²) >= 11 is 6.23. The van der Waals surface area contributed by atoms with Gasteiger partial charge in [-0.15, -0.1) is 22.7 Å². The zero-order valence-electron chi connectivity index (χ0n) is 16.4. The minimum Gasteiger partial charge on any atom is -0.397 e. The Balaban J connectivity index is 1.66. The van der Waals surface area contributed by atoms with Crippen molar-refractivity contribution in [2.75, 3.05) is 11.1 Å². The van der Waals surface area contributed by atoms with Crippen molar-refractivity contribution in [1.29, 1.82) is 0 Å². The van der Waals surface area contributed by atoms with Crippen LogP contribution in [0.1, 0.15) is 15.2 Å². The molecule has 3 N–H and O–H groups in total. The predicted molar refractivity (Wildman–Crippen MR) is 135 cm³/mol. The molecule has 32 heavy (non-hydrogen) atoms. The van der Waals surface area contributed by atoms with E-state index in [-0.39, 0.29) is 11.6 Å². The topological polar surface area (TPSA) is 68.0 Å².